The van der Waals surface area contributed by atoms with E-state index >= 15 is 0 Å². The summed E-state index contributed by atoms with van der Waals surface area (Å²) in [5.41, 5.74) is 1.45. The zero-order valence-electron chi connectivity index (χ0n) is 11.8. The minimum atomic E-state index is -0.915. The zero-order chi connectivity index (χ0) is 15.1. The third kappa shape index (κ3) is 4.29. The van der Waals surface area contributed by atoms with Crippen molar-refractivity contribution in [3.8, 4) is 5.88 Å². The van der Waals surface area contributed by atoms with Crippen molar-refractivity contribution in [1.82, 2.24) is 10.3 Å². The summed E-state index contributed by atoms with van der Waals surface area (Å²) in [7, 11) is 0. The minimum Gasteiger partial charge on any atom is -0.480 e. The highest BCUT2D eigenvalue weighted by Gasteiger charge is 2.18. The summed E-state index contributed by atoms with van der Waals surface area (Å²) in [5, 5.41) is 12.3. The van der Waals surface area contributed by atoms with E-state index in [0.717, 1.165) is 5.69 Å². The van der Waals surface area contributed by atoms with E-state index in [9.17, 15) is 9.90 Å². The van der Waals surface area contributed by atoms with E-state index in [0.29, 0.717) is 24.6 Å². The molecule has 1 atom stereocenters. The van der Waals surface area contributed by atoms with Crippen LogP contribution in [-0.4, -0.2) is 22.7 Å². The molecule has 2 N–H and O–H groups in total. The van der Waals surface area contributed by atoms with Crippen molar-refractivity contribution in [1.29, 1.82) is 0 Å². The van der Waals surface area contributed by atoms with Crippen molar-refractivity contribution in [3.05, 3.63) is 59.8 Å². The zero-order valence-corrected chi connectivity index (χ0v) is 11.8. The normalized spacial score (nSPS) is 11.9. The highest BCUT2D eigenvalue weighted by Crippen LogP contribution is 2.14. The average molecular weight is 286 g/mol. The van der Waals surface area contributed by atoms with E-state index < -0.39 is 12.0 Å². The number of rotatable bonds is 7. The first-order valence-electron chi connectivity index (χ1n) is 6.80. The summed E-state index contributed by atoms with van der Waals surface area (Å²) >= 11 is 0. The number of ether oxygens (including phenoxy) is 1. The minimum absolute atomic E-state index is 0.354. The monoisotopic (exact) mass is 286 g/mol. The summed E-state index contributed by atoms with van der Waals surface area (Å²) in [4.78, 5) is 15.7. The summed E-state index contributed by atoms with van der Waals surface area (Å²) < 4.78 is 5.33. The number of carboxylic acids is 1. The smallest absolute Gasteiger partial charge is 0.325 e. The van der Waals surface area contributed by atoms with Gasteiger partial charge in [0.1, 0.15) is 6.04 Å². The van der Waals surface area contributed by atoms with Gasteiger partial charge in [-0.1, -0.05) is 36.4 Å². The van der Waals surface area contributed by atoms with Crippen molar-refractivity contribution in [2.75, 3.05) is 6.61 Å². The van der Waals surface area contributed by atoms with Crippen LogP contribution in [0.3, 0.4) is 0 Å². The molecule has 0 radical (unpaired) electrons. The molecule has 5 heteroatoms. The van der Waals surface area contributed by atoms with Gasteiger partial charge in [-0.2, -0.15) is 0 Å². The number of carbonyl (C=O) groups is 1. The lowest BCUT2D eigenvalue weighted by Gasteiger charge is -2.14. The molecule has 0 aliphatic heterocycles. The molecule has 0 fully saturated rings. The van der Waals surface area contributed by atoms with Gasteiger partial charge in [0.15, 0.2) is 0 Å². The van der Waals surface area contributed by atoms with Crippen LogP contribution in [0.15, 0.2) is 48.5 Å². The molecule has 0 spiro atoms. The summed E-state index contributed by atoms with van der Waals surface area (Å²) in [6, 6.07) is 13.8. The Morgan fingerprint density at radius 3 is 2.67 bits per heavy atom. The molecule has 2 aromatic rings. The predicted molar refractivity (Wildman–Crippen MR) is 79.1 cm³/mol. The SMILES string of the molecule is CCOc1cccc(CN[C@H](C(=O)O)c2ccccc2)n1. The number of hydrogen-bond donors (Lipinski definition) is 2. The maximum atomic E-state index is 11.4. The van der Waals surface area contributed by atoms with Crippen molar-refractivity contribution >= 4 is 5.97 Å². The van der Waals surface area contributed by atoms with Gasteiger partial charge in [-0.3, -0.25) is 10.1 Å². The molecule has 1 aromatic heterocycles. The first-order chi connectivity index (χ1) is 10.2. The lowest BCUT2D eigenvalue weighted by molar-refractivity contribution is -0.139. The van der Waals surface area contributed by atoms with Crippen LogP contribution in [0.2, 0.25) is 0 Å². The molecule has 0 aliphatic carbocycles. The second-order valence-electron chi connectivity index (χ2n) is 4.46. The van der Waals surface area contributed by atoms with E-state index in [-0.39, 0.29) is 0 Å². The van der Waals surface area contributed by atoms with E-state index in [1.807, 2.05) is 37.3 Å². The molecule has 0 saturated heterocycles. The van der Waals surface area contributed by atoms with Gasteiger partial charge in [-0.05, 0) is 18.6 Å². The highest BCUT2D eigenvalue weighted by atomic mass is 16.5. The number of benzene rings is 1. The molecule has 21 heavy (non-hydrogen) atoms. The van der Waals surface area contributed by atoms with Gasteiger partial charge >= 0.3 is 5.97 Å². The lowest BCUT2D eigenvalue weighted by atomic mass is 10.1. The molecule has 110 valence electrons. The van der Waals surface area contributed by atoms with Crippen LogP contribution < -0.4 is 10.1 Å². The van der Waals surface area contributed by atoms with Crippen LogP contribution in [-0.2, 0) is 11.3 Å². The lowest BCUT2D eigenvalue weighted by Crippen LogP contribution is -2.28. The van der Waals surface area contributed by atoms with Crippen LogP contribution in [0.1, 0.15) is 24.2 Å². The van der Waals surface area contributed by atoms with Crippen molar-refractivity contribution in [3.63, 3.8) is 0 Å². The average Bonchev–Trinajstić information content (AvgIpc) is 2.49. The molecule has 0 bridgehead atoms. The third-order valence-corrected chi connectivity index (χ3v) is 2.94. The second-order valence-corrected chi connectivity index (χ2v) is 4.46. The van der Waals surface area contributed by atoms with Gasteiger partial charge in [-0.25, -0.2) is 4.98 Å². The van der Waals surface area contributed by atoms with Crippen molar-refractivity contribution in [2.24, 2.45) is 0 Å². The number of nitrogens with one attached hydrogen (secondary N) is 1. The van der Waals surface area contributed by atoms with Gasteiger partial charge in [0.25, 0.3) is 0 Å². The number of aliphatic carboxylic acids is 1. The van der Waals surface area contributed by atoms with Crippen LogP contribution >= 0.6 is 0 Å². The summed E-state index contributed by atoms with van der Waals surface area (Å²) in [6.07, 6.45) is 0. The summed E-state index contributed by atoms with van der Waals surface area (Å²) in [6.45, 7) is 2.79. The standard InChI is InChI=1S/C16H18N2O3/c1-2-21-14-10-6-9-13(18-14)11-17-15(16(19)20)12-7-4-3-5-8-12/h3-10,15,17H,2,11H2,1H3,(H,19,20)/t15-/m0/s1. The molecule has 2 rings (SSSR count). The van der Waals surface area contributed by atoms with Crippen LogP contribution in [0.4, 0.5) is 0 Å². The molecule has 5 nitrogen and oxygen atoms in total. The highest BCUT2D eigenvalue weighted by molar-refractivity contribution is 5.75. The van der Waals surface area contributed by atoms with E-state index in [2.05, 4.69) is 10.3 Å². The van der Waals surface area contributed by atoms with Gasteiger partial charge < -0.3 is 9.84 Å². The van der Waals surface area contributed by atoms with Gasteiger partial charge in [-0.15, -0.1) is 0 Å². The van der Waals surface area contributed by atoms with E-state index in [4.69, 9.17) is 4.74 Å². The summed E-state index contributed by atoms with van der Waals surface area (Å²) in [5.74, 6) is -0.370. The van der Waals surface area contributed by atoms with Gasteiger partial charge in [0, 0.05) is 12.6 Å². The Labute approximate surface area is 123 Å². The number of hydrogen-bond acceptors (Lipinski definition) is 4. The second kappa shape index (κ2) is 7.40. The number of pyridine rings is 1. The van der Waals surface area contributed by atoms with Crippen molar-refractivity contribution in [2.45, 2.75) is 19.5 Å². The van der Waals surface area contributed by atoms with Crippen LogP contribution in [0.5, 0.6) is 5.88 Å². The van der Waals surface area contributed by atoms with Gasteiger partial charge in [0.2, 0.25) is 5.88 Å². The molecule has 1 aromatic carbocycles. The molecule has 0 aliphatic rings. The van der Waals surface area contributed by atoms with Gasteiger partial charge in [0.05, 0.1) is 12.3 Å². The Morgan fingerprint density at radius 2 is 2.00 bits per heavy atom. The maximum absolute atomic E-state index is 11.4. The molecule has 0 unspecified atom stereocenters. The Hall–Kier alpha value is -2.40. The van der Waals surface area contributed by atoms with E-state index in [1.54, 1.807) is 18.2 Å². The largest absolute Gasteiger partial charge is 0.480 e. The Morgan fingerprint density at radius 1 is 1.24 bits per heavy atom. The first-order valence-corrected chi connectivity index (χ1v) is 6.80. The van der Waals surface area contributed by atoms with Crippen LogP contribution in [0, 0.1) is 0 Å². The molecule has 0 saturated carbocycles. The fourth-order valence-corrected chi connectivity index (χ4v) is 1.98. The molecular formula is C16H18N2O3. The first kappa shape index (κ1) is 15.0. The fraction of sp³-hybridized carbons (Fsp3) is 0.250. The Bertz CT molecular complexity index is 587. The fourth-order valence-electron chi connectivity index (χ4n) is 1.98. The number of carboxylic acid groups (broad SMARTS) is 1. The molecule has 1 heterocycles. The van der Waals surface area contributed by atoms with Crippen LogP contribution in [0.25, 0.3) is 0 Å². The predicted octanol–water partition coefficient (Wildman–Crippen LogP) is 2.40. The Kier molecular flexibility index (Phi) is 5.29. The third-order valence-electron chi connectivity index (χ3n) is 2.94. The number of nitrogens with zero attached hydrogens (tertiary/aromatic N) is 1. The Balaban J connectivity index is 2.06. The topological polar surface area (TPSA) is 71.5 Å². The maximum Gasteiger partial charge on any atom is 0.325 e. The van der Waals surface area contributed by atoms with Crippen molar-refractivity contribution < 1.29 is 14.6 Å². The molecular weight excluding hydrogens is 268 g/mol. The van der Waals surface area contributed by atoms with E-state index in [1.165, 1.54) is 0 Å². The quantitative estimate of drug-likeness (QED) is 0.817. The number of aromatic nitrogens is 1. The molecule has 0 amide bonds.